The molecule has 0 aliphatic heterocycles. The minimum atomic E-state index is 0.885. The van der Waals surface area contributed by atoms with Gasteiger partial charge in [0.05, 0.1) is 5.69 Å². The number of nitrogens with zero attached hydrogens (tertiary/aromatic N) is 1. The SMILES string of the molecule is CCCCCCc1nc2c([nH]1)CC(CC)CC2. The number of aryl methyl sites for hydroxylation is 2. The van der Waals surface area contributed by atoms with Crippen LogP contribution in [0.2, 0.25) is 0 Å². The molecule has 96 valence electrons. The smallest absolute Gasteiger partial charge is 0.106 e. The fraction of sp³-hybridized carbons (Fsp3) is 0.800. The van der Waals surface area contributed by atoms with Gasteiger partial charge < -0.3 is 4.98 Å². The predicted molar refractivity (Wildman–Crippen MR) is 72.2 cm³/mol. The van der Waals surface area contributed by atoms with E-state index in [1.807, 2.05) is 0 Å². The van der Waals surface area contributed by atoms with Crippen LogP contribution in [0.25, 0.3) is 0 Å². The Kier molecular flexibility index (Phi) is 4.64. The van der Waals surface area contributed by atoms with Gasteiger partial charge in [0.25, 0.3) is 0 Å². The summed E-state index contributed by atoms with van der Waals surface area (Å²) >= 11 is 0. The largest absolute Gasteiger partial charge is 0.346 e. The topological polar surface area (TPSA) is 28.7 Å². The van der Waals surface area contributed by atoms with E-state index in [9.17, 15) is 0 Å². The molecule has 0 fully saturated rings. The second kappa shape index (κ2) is 6.23. The summed E-state index contributed by atoms with van der Waals surface area (Å²) in [4.78, 5) is 8.33. The molecule has 1 aliphatic carbocycles. The standard InChI is InChI=1S/C15H26N2/c1-3-5-6-7-8-15-16-13-10-9-12(4-2)11-14(13)17-15/h12H,3-11H2,1-2H3,(H,16,17). The fourth-order valence-electron chi connectivity index (χ4n) is 2.80. The molecule has 2 nitrogen and oxygen atoms in total. The number of aromatic nitrogens is 2. The van der Waals surface area contributed by atoms with E-state index >= 15 is 0 Å². The van der Waals surface area contributed by atoms with E-state index in [0.29, 0.717) is 0 Å². The van der Waals surface area contributed by atoms with Crippen LogP contribution in [0.4, 0.5) is 0 Å². The molecule has 0 aromatic carbocycles. The van der Waals surface area contributed by atoms with Crippen molar-refractivity contribution in [2.45, 2.75) is 71.6 Å². The summed E-state index contributed by atoms with van der Waals surface area (Å²) in [6.07, 6.45) is 11.5. The minimum Gasteiger partial charge on any atom is -0.346 e. The molecule has 0 bridgehead atoms. The van der Waals surface area contributed by atoms with Crippen molar-refractivity contribution in [1.82, 2.24) is 9.97 Å². The van der Waals surface area contributed by atoms with Gasteiger partial charge in [-0.3, -0.25) is 0 Å². The third-order valence-corrected chi connectivity index (χ3v) is 4.04. The third kappa shape index (κ3) is 3.34. The Hall–Kier alpha value is -0.790. The third-order valence-electron chi connectivity index (χ3n) is 4.04. The number of nitrogens with one attached hydrogen (secondary N) is 1. The molecule has 1 N–H and O–H groups in total. The molecular weight excluding hydrogens is 208 g/mol. The Labute approximate surface area is 105 Å². The maximum Gasteiger partial charge on any atom is 0.106 e. The first kappa shape index (κ1) is 12.7. The van der Waals surface area contributed by atoms with Gasteiger partial charge in [0.2, 0.25) is 0 Å². The van der Waals surface area contributed by atoms with Crippen LogP contribution < -0.4 is 0 Å². The summed E-state index contributed by atoms with van der Waals surface area (Å²) in [6.45, 7) is 4.56. The lowest BCUT2D eigenvalue weighted by Crippen LogP contribution is -2.12. The first-order chi connectivity index (χ1) is 8.33. The Balaban J connectivity index is 1.87. The van der Waals surface area contributed by atoms with Gasteiger partial charge in [-0.25, -0.2) is 4.98 Å². The van der Waals surface area contributed by atoms with Crippen molar-refractivity contribution in [3.63, 3.8) is 0 Å². The zero-order valence-electron chi connectivity index (χ0n) is 11.4. The van der Waals surface area contributed by atoms with E-state index < -0.39 is 0 Å². The van der Waals surface area contributed by atoms with Crippen molar-refractivity contribution in [2.24, 2.45) is 5.92 Å². The average molecular weight is 234 g/mol. The minimum absolute atomic E-state index is 0.885. The van der Waals surface area contributed by atoms with Crippen LogP contribution in [0.3, 0.4) is 0 Å². The Bertz CT molecular complexity index is 341. The molecule has 0 saturated carbocycles. The van der Waals surface area contributed by atoms with Crippen LogP contribution in [-0.4, -0.2) is 9.97 Å². The lowest BCUT2D eigenvalue weighted by molar-refractivity contribution is 0.438. The number of fused-ring (bicyclic) bond motifs is 1. The van der Waals surface area contributed by atoms with Crippen molar-refractivity contribution in [3.05, 3.63) is 17.2 Å². The van der Waals surface area contributed by atoms with Crippen molar-refractivity contribution < 1.29 is 0 Å². The highest BCUT2D eigenvalue weighted by molar-refractivity contribution is 5.18. The summed E-state index contributed by atoms with van der Waals surface area (Å²) in [5.41, 5.74) is 2.80. The molecule has 2 rings (SSSR count). The Morgan fingerprint density at radius 3 is 2.88 bits per heavy atom. The van der Waals surface area contributed by atoms with E-state index in [1.54, 1.807) is 0 Å². The number of hydrogen-bond donors (Lipinski definition) is 1. The summed E-state index contributed by atoms with van der Waals surface area (Å²) in [5.74, 6) is 2.12. The number of H-pyrrole nitrogens is 1. The molecular formula is C15H26N2. The molecule has 0 radical (unpaired) electrons. The zero-order valence-corrected chi connectivity index (χ0v) is 11.4. The zero-order chi connectivity index (χ0) is 12.1. The molecule has 1 aromatic rings. The van der Waals surface area contributed by atoms with Crippen LogP contribution in [0.5, 0.6) is 0 Å². The van der Waals surface area contributed by atoms with Crippen LogP contribution in [0.1, 0.15) is 69.6 Å². The van der Waals surface area contributed by atoms with Gasteiger partial charge in [0.15, 0.2) is 0 Å². The van der Waals surface area contributed by atoms with E-state index in [0.717, 1.165) is 12.3 Å². The first-order valence-electron chi connectivity index (χ1n) is 7.40. The molecule has 1 atom stereocenters. The van der Waals surface area contributed by atoms with Crippen molar-refractivity contribution in [2.75, 3.05) is 0 Å². The van der Waals surface area contributed by atoms with Gasteiger partial charge in [0.1, 0.15) is 5.82 Å². The Morgan fingerprint density at radius 2 is 2.12 bits per heavy atom. The van der Waals surface area contributed by atoms with Gasteiger partial charge in [-0.2, -0.15) is 0 Å². The van der Waals surface area contributed by atoms with Crippen LogP contribution >= 0.6 is 0 Å². The lowest BCUT2D eigenvalue weighted by Gasteiger charge is -2.19. The highest BCUT2D eigenvalue weighted by atomic mass is 14.9. The maximum atomic E-state index is 4.76. The van der Waals surface area contributed by atoms with E-state index in [4.69, 9.17) is 4.98 Å². The number of imidazole rings is 1. The number of hydrogen-bond acceptors (Lipinski definition) is 1. The van der Waals surface area contributed by atoms with Gasteiger partial charge in [-0.05, 0) is 31.6 Å². The van der Waals surface area contributed by atoms with Crippen LogP contribution in [-0.2, 0) is 19.3 Å². The van der Waals surface area contributed by atoms with Crippen molar-refractivity contribution >= 4 is 0 Å². The number of unbranched alkanes of at least 4 members (excludes halogenated alkanes) is 3. The fourth-order valence-corrected chi connectivity index (χ4v) is 2.80. The average Bonchev–Trinajstić information content (AvgIpc) is 2.76. The van der Waals surface area contributed by atoms with Crippen molar-refractivity contribution in [1.29, 1.82) is 0 Å². The summed E-state index contributed by atoms with van der Waals surface area (Å²) in [6, 6.07) is 0. The van der Waals surface area contributed by atoms with E-state index in [2.05, 4.69) is 18.8 Å². The Morgan fingerprint density at radius 1 is 1.24 bits per heavy atom. The monoisotopic (exact) mass is 234 g/mol. The normalized spacial score (nSPS) is 19.3. The summed E-state index contributed by atoms with van der Waals surface area (Å²) in [5, 5.41) is 0. The van der Waals surface area contributed by atoms with Gasteiger partial charge >= 0.3 is 0 Å². The molecule has 2 heteroatoms. The first-order valence-corrected chi connectivity index (χ1v) is 7.40. The van der Waals surface area contributed by atoms with Gasteiger partial charge in [-0.1, -0.05) is 39.5 Å². The number of aromatic amines is 1. The van der Waals surface area contributed by atoms with Gasteiger partial charge in [-0.15, -0.1) is 0 Å². The molecule has 0 saturated heterocycles. The second-order valence-corrected chi connectivity index (χ2v) is 5.44. The molecule has 17 heavy (non-hydrogen) atoms. The van der Waals surface area contributed by atoms with E-state index in [1.165, 1.54) is 68.6 Å². The molecule has 1 heterocycles. The maximum absolute atomic E-state index is 4.76. The van der Waals surface area contributed by atoms with Crippen molar-refractivity contribution in [3.8, 4) is 0 Å². The molecule has 1 unspecified atom stereocenters. The second-order valence-electron chi connectivity index (χ2n) is 5.44. The molecule has 1 aliphatic rings. The quantitative estimate of drug-likeness (QED) is 0.739. The van der Waals surface area contributed by atoms with E-state index in [-0.39, 0.29) is 0 Å². The van der Waals surface area contributed by atoms with Crippen LogP contribution in [0.15, 0.2) is 0 Å². The van der Waals surface area contributed by atoms with Gasteiger partial charge in [0, 0.05) is 12.1 Å². The predicted octanol–water partition coefficient (Wildman–Crippen LogP) is 4.05. The lowest BCUT2D eigenvalue weighted by atomic mass is 9.88. The number of rotatable bonds is 6. The molecule has 1 aromatic heterocycles. The highest BCUT2D eigenvalue weighted by Crippen LogP contribution is 2.26. The summed E-state index contributed by atoms with van der Waals surface area (Å²) < 4.78 is 0. The highest BCUT2D eigenvalue weighted by Gasteiger charge is 2.20. The molecule has 0 amide bonds. The molecule has 0 spiro atoms. The van der Waals surface area contributed by atoms with Crippen LogP contribution in [0, 0.1) is 5.92 Å². The summed E-state index contributed by atoms with van der Waals surface area (Å²) in [7, 11) is 0.